The van der Waals surface area contributed by atoms with Crippen LogP contribution in [-0.4, -0.2) is 13.1 Å². The number of ether oxygens (including phenoxy) is 1. The largest absolute Gasteiger partial charge is 0.465 e. The Balaban J connectivity index is 3.21. The highest BCUT2D eigenvalue weighted by atomic mass is 35.5. The fraction of sp³-hybridized carbons (Fsp3) is 0.167. The minimum atomic E-state index is -0.553. The van der Waals surface area contributed by atoms with Gasteiger partial charge in [-0.05, 0) is 12.1 Å². The number of benzene rings is 1. The number of esters is 1. The molecule has 86 valence electrons. The smallest absolute Gasteiger partial charge is 0.340 e. The second-order valence-corrected chi connectivity index (χ2v) is 3.45. The summed E-state index contributed by atoms with van der Waals surface area (Å²) >= 11 is 5.91. The molecule has 0 saturated carbocycles. The van der Waals surface area contributed by atoms with Gasteiger partial charge < -0.3 is 10.5 Å². The first-order valence-electron chi connectivity index (χ1n) is 4.63. The van der Waals surface area contributed by atoms with E-state index in [0.29, 0.717) is 10.6 Å². The molecule has 0 amide bonds. The molecule has 0 radical (unpaired) electrons. The number of carbonyl (C=O) groups is 1. The van der Waals surface area contributed by atoms with Crippen molar-refractivity contribution >= 4 is 23.3 Å². The Morgan fingerprint density at radius 1 is 1.59 bits per heavy atom. The lowest BCUT2D eigenvalue weighted by atomic mass is 10.1. The van der Waals surface area contributed by atoms with Gasteiger partial charge >= 0.3 is 5.97 Å². The summed E-state index contributed by atoms with van der Waals surface area (Å²) in [7, 11) is 1.26. The van der Waals surface area contributed by atoms with Gasteiger partial charge in [0.15, 0.2) is 0 Å². The molecule has 4 nitrogen and oxygen atoms in total. The summed E-state index contributed by atoms with van der Waals surface area (Å²) in [6.07, 6.45) is 0.0915. The summed E-state index contributed by atoms with van der Waals surface area (Å²) in [5.41, 5.74) is 6.51. The van der Waals surface area contributed by atoms with Crippen LogP contribution < -0.4 is 5.73 Å². The number of rotatable bonds is 1. The number of nitrogens with two attached hydrogens (primary N) is 1. The van der Waals surface area contributed by atoms with E-state index in [1.54, 1.807) is 0 Å². The van der Waals surface area contributed by atoms with Crippen molar-refractivity contribution in [3.63, 3.8) is 0 Å². The summed E-state index contributed by atoms with van der Waals surface area (Å²) in [5, 5.41) is 8.69. The van der Waals surface area contributed by atoms with Crippen LogP contribution in [0, 0.1) is 23.2 Å². The lowest BCUT2D eigenvalue weighted by Gasteiger charge is -2.05. The highest BCUT2D eigenvalue weighted by Gasteiger charge is 2.12. The number of nitrogens with zero attached hydrogens (tertiary/aromatic N) is 1. The van der Waals surface area contributed by atoms with E-state index in [0.717, 1.165) is 0 Å². The Morgan fingerprint density at radius 3 is 2.88 bits per heavy atom. The van der Waals surface area contributed by atoms with Gasteiger partial charge in [-0.15, -0.1) is 0 Å². The van der Waals surface area contributed by atoms with Gasteiger partial charge in [0.2, 0.25) is 0 Å². The van der Waals surface area contributed by atoms with E-state index in [1.165, 1.54) is 19.2 Å². The van der Waals surface area contributed by atoms with Gasteiger partial charge in [-0.25, -0.2) is 4.79 Å². The zero-order chi connectivity index (χ0) is 12.8. The first-order chi connectivity index (χ1) is 8.10. The number of nitrogen functional groups attached to an aromatic ring is 1. The molecule has 0 aliphatic rings. The van der Waals surface area contributed by atoms with Gasteiger partial charge in [0.1, 0.15) is 0 Å². The van der Waals surface area contributed by atoms with E-state index in [4.69, 9.17) is 22.6 Å². The van der Waals surface area contributed by atoms with Crippen LogP contribution in [0.4, 0.5) is 5.69 Å². The molecule has 0 aromatic heterocycles. The normalized spacial score (nSPS) is 8.76. The van der Waals surface area contributed by atoms with Crippen LogP contribution in [0.3, 0.4) is 0 Å². The molecule has 5 heteroatoms. The molecule has 2 N–H and O–H groups in total. The number of hydrogen-bond acceptors (Lipinski definition) is 4. The van der Waals surface area contributed by atoms with Gasteiger partial charge in [-0.1, -0.05) is 23.4 Å². The average molecular weight is 249 g/mol. The minimum Gasteiger partial charge on any atom is -0.465 e. The van der Waals surface area contributed by atoms with Crippen molar-refractivity contribution in [1.82, 2.24) is 0 Å². The number of carbonyl (C=O) groups excluding carboxylic acids is 1. The predicted molar refractivity (Wildman–Crippen MR) is 64.3 cm³/mol. The van der Waals surface area contributed by atoms with Crippen molar-refractivity contribution in [3.05, 3.63) is 28.3 Å². The Labute approximate surface area is 104 Å². The maximum absolute atomic E-state index is 11.4. The van der Waals surface area contributed by atoms with Crippen LogP contribution in [0.15, 0.2) is 12.1 Å². The van der Waals surface area contributed by atoms with E-state index >= 15 is 0 Å². The first-order valence-corrected chi connectivity index (χ1v) is 5.01. The molecule has 0 spiro atoms. The maximum Gasteiger partial charge on any atom is 0.340 e. The van der Waals surface area contributed by atoms with Crippen molar-refractivity contribution in [2.24, 2.45) is 0 Å². The molecule has 0 saturated heterocycles. The standard InChI is InChI=1S/C12H9ClN2O2/c1-17-12(16)9-6-8(4-2-3-5-14)10(13)7-11(9)15/h6-7H,3,15H2,1H3. The monoisotopic (exact) mass is 248 g/mol. The van der Waals surface area contributed by atoms with E-state index in [1.807, 2.05) is 6.07 Å². The Hall–Kier alpha value is -2.17. The Morgan fingerprint density at radius 2 is 2.29 bits per heavy atom. The fourth-order valence-corrected chi connectivity index (χ4v) is 1.37. The van der Waals surface area contributed by atoms with E-state index in [-0.39, 0.29) is 17.7 Å². The minimum absolute atomic E-state index is 0.0915. The molecular weight excluding hydrogens is 240 g/mol. The van der Waals surface area contributed by atoms with Crippen molar-refractivity contribution in [2.45, 2.75) is 6.42 Å². The molecule has 1 rings (SSSR count). The van der Waals surface area contributed by atoms with Crippen LogP contribution >= 0.6 is 11.6 Å². The molecule has 0 heterocycles. The number of nitriles is 1. The summed E-state index contributed by atoms with van der Waals surface area (Å²) < 4.78 is 4.58. The quantitative estimate of drug-likeness (QED) is 0.468. The van der Waals surface area contributed by atoms with Crippen molar-refractivity contribution in [1.29, 1.82) is 5.26 Å². The topological polar surface area (TPSA) is 76.1 Å². The van der Waals surface area contributed by atoms with Crippen molar-refractivity contribution in [2.75, 3.05) is 12.8 Å². The maximum atomic E-state index is 11.4. The molecule has 0 fully saturated rings. The SMILES string of the molecule is COC(=O)c1cc(C#CCC#N)c(Cl)cc1N. The summed E-state index contributed by atoms with van der Waals surface area (Å²) in [6.45, 7) is 0. The van der Waals surface area contributed by atoms with Crippen molar-refractivity contribution in [3.8, 4) is 17.9 Å². The highest BCUT2D eigenvalue weighted by molar-refractivity contribution is 6.32. The number of halogens is 1. The summed E-state index contributed by atoms with van der Waals surface area (Å²) in [6, 6.07) is 4.77. The lowest BCUT2D eigenvalue weighted by Crippen LogP contribution is -2.06. The van der Waals surface area contributed by atoms with Crippen molar-refractivity contribution < 1.29 is 9.53 Å². The first kappa shape index (κ1) is 12.9. The van der Waals surface area contributed by atoms with Crippen LogP contribution in [-0.2, 0) is 4.74 Å². The molecule has 1 aromatic rings. The van der Waals surface area contributed by atoms with Gasteiger partial charge in [0.25, 0.3) is 0 Å². The van der Waals surface area contributed by atoms with Crippen LogP contribution in [0.25, 0.3) is 0 Å². The Kier molecular flexibility index (Phi) is 4.39. The zero-order valence-corrected chi connectivity index (χ0v) is 9.84. The third-order valence-electron chi connectivity index (χ3n) is 1.94. The molecule has 0 bridgehead atoms. The third-order valence-corrected chi connectivity index (χ3v) is 2.25. The molecule has 0 aliphatic heterocycles. The van der Waals surface area contributed by atoms with Crippen LogP contribution in [0.2, 0.25) is 5.02 Å². The Bertz CT molecular complexity index is 550. The number of anilines is 1. The average Bonchev–Trinajstić information content (AvgIpc) is 2.31. The zero-order valence-electron chi connectivity index (χ0n) is 9.08. The molecule has 0 atom stereocenters. The second-order valence-electron chi connectivity index (χ2n) is 3.05. The van der Waals surface area contributed by atoms with Gasteiger partial charge in [0.05, 0.1) is 30.2 Å². The molecule has 1 aromatic carbocycles. The second kappa shape index (κ2) is 5.79. The summed E-state index contributed by atoms with van der Waals surface area (Å²) in [4.78, 5) is 11.4. The molecule has 17 heavy (non-hydrogen) atoms. The molecule has 0 aliphatic carbocycles. The lowest BCUT2D eigenvalue weighted by molar-refractivity contribution is 0.0602. The van der Waals surface area contributed by atoms with Gasteiger partial charge in [0, 0.05) is 11.3 Å². The van der Waals surface area contributed by atoms with Crippen LogP contribution in [0.5, 0.6) is 0 Å². The van der Waals surface area contributed by atoms with E-state index in [9.17, 15) is 4.79 Å². The van der Waals surface area contributed by atoms with Gasteiger partial charge in [-0.3, -0.25) is 0 Å². The van der Waals surface area contributed by atoms with E-state index < -0.39 is 5.97 Å². The predicted octanol–water partition coefficient (Wildman–Crippen LogP) is 1.97. The molecular formula is C12H9ClN2O2. The fourth-order valence-electron chi connectivity index (χ4n) is 1.15. The summed E-state index contributed by atoms with van der Waals surface area (Å²) in [5.74, 6) is 4.75. The van der Waals surface area contributed by atoms with E-state index in [2.05, 4.69) is 16.6 Å². The van der Waals surface area contributed by atoms with Gasteiger partial charge in [-0.2, -0.15) is 5.26 Å². The molecule has 0 unspecified atom stereocenters. The highest BCUT2D eigenvalue weighted by Crippen LogP contribution is 2.23. The number of methoxy groups -OCH3 is 1. The third kappa shape index (κ3) is 3.14. The number of hydrogen-bond donors (Lipinski definition) is 1. The van der Waals surface area contributed by atoms with Crippen LogP contribution in [0.1, 0.15) is 22.3 Å².